The standard InChI is InChI=1S/C12H16N2O/c1-14-7-6-13-8-12(14)11-4-2-10(9-15)3-5-11/h2-5,9,12-13H,6-8H2,1H3. The van der Waals surface area contributed by atoms with Crippen LogP contribution in [0.5, 0.6) is 0 Å². The molecule has 0 aliphatic carbocycles. The zero-order valence-corrected chi connectivity index (χ0v) is 8.94. The molecule has 2 rings (SSSR count). The summed E-state index contributed by atoms with van der Waals surface area (Å²) < 4.78 is 0. The highest BCUT2D eigenvalue weighted by atomic mass is 16.1. The molecule has 1 aromatic carbocycles. The summed E-state index contributed by atoms with van der Waals surface area (Å²) in [7, 11) is 2.14. The molecular formula is C12H16N2O. The monoisotopic (exact) mass is 204 g/mol. The molecule has 0 amide bonds. The molecule has 1 heterocycles. The van der Waals surface area contributed by atoms with Gasteiger partial charge in [-0.15, -0.1) is 0 Å². The molecule has 1 aromatic rings. The SMILES string of the molecule is CN1CCNCC1c1ccc(C=O)cc1. The average Bonchev–Trinajstić information content (AvgIpc) is 2.30. The van der Waals surface area contributed by atoms with Crippen molar-refractivity contribution < 1.29 is 4.79 Å². The Labute approximate surface area is 90.1 Å². The molecule has 1 N–H and O–H groups in total. The second-order valence-electron chi connectivity index (χ2n) is 3.99. The smallest absolute Gasteiger partial charge is 0.150 e. The molecule has 0 saturated carbocycles. The van der Waals surface area contributed by atoms with Crippen LogP contribution in [0.2, 0.25) is 0 Å². The van der Waals surface area contributed by atoms with Gasteiger partial charge in [0.15, 0.2) is 0 Å². The van der Waals surface area contributed by atoms with Gasteiger partial charge in [0.1, 0.15) is 6.29 Å². The molecule has 0 bridgehead atoms. The third-order valence-corrected chi connectivity index (χ3v) is 2.97. The molecule has 1 unspecified atom stereocenters. The predicted octanol–water partition coefficient (Wildman–Crippen LogP) is 1.08. The van der Waals surface area contributed by atoms with E-state index in [1.165, 1.54) is 5.56 Å². The fourth-order valence-corrected chi connectivity index (χ4v) is 1.97. The number of aldehydes is 1. The summed E-state index contributed by atoms with van der Waals surface area (Å²) in [6.45, 7) is 3.11. The van der Waals surface area contributed by atoms with E-state index in [-0.39, 0.29) is 0 Å². The minimum atomic E-state index is 0.430. The van der Waals surface area contributed by atoms with E-state index in [1.54, 1.807) is 0 Å². The summed E-state index contributed by atoms with van der Waals surface area (Å²) in [6, 6.07) is 8.27. The number of likely N-dealkylation sites (N-methyl/N-ethyl adjacent to an activating group) is 1. The van der Waals surface area contributed by atoms with E-state index in [0.29, 0.717) is 6.04 Å². The first-order chi connectivity index (χ1) is 7.31. The van der Waals surface area contributed by atoms with Gasteiger partial charge in [0.25, 0.3) is 0 Å². The highest BCUT2D eigenvalue weighted by Gasteiger charge is 2.19. The number of hydrogen-bond acceptors (Lipinski definition) is 3. The molecule has 0 spiro atoms. The lowest BCUT2D eigenvalue weighted by Gasteiger charge is -2.33. The van der Waals surface area contributed by atoms with Crippen LogP contribution in [-0.2, 0) is 0 Å². The summed E-state index contributed by atoms with van der Waals surface area (Å²) in [5, 5.41) is 3.38. The Balaban J connectivity index is 2.16. The largest absolute Gasteiger partial charge is 0.314 e. The van der Waals surface area contributed by atoms with Crippen molar-refractivity contribution >= 4 is 6.29 Å². The normalized spacial score (nSPS) is 22.6. The first-order valence-electron chi connectivity index (χ1n) is 5.27. The molecule has 1 fully saturated rings. The Morgan fingerprint density at radius 2 is 2.13 bits per heavy atom. The second-order valence-corrected chi connectivity index (χ2v) is 3.99. The zero-order valence-electron chi connectivity index (χ0n) is 8.94. The maximum Gasteiger partial charge on any atom is 0.150 e. The van der Waals surface area contributed by atoms with Gasteiger partial charge in [-0.05, 0) is 12.6 Å². The molecule has 3 nitrogen and oxygen atoms in total. The van der Waals surface area contributed by atoms with Gasteiger partial charge in [-0.25, -0.2) is 0 Å². The minimum Gasteiger partial charge on any atom is -0.314 e. The minimum absolute atomic E-state index is 0.430. The van der Waals surface area contributed by atoms with E-state index in [1.807, 2.05) is 24.3 Å². The second kappa shape index (κ2) is 4.55. The summed E-state index contributed by atoms with van der Waals surface area (Å²) in [4.78, 5) is 12.9. The Morgan fingerprint density at radius 3 is 2.73 bits per heavy atom. The topological polar surface area (TPSA) is 32.3 Å². The lowest BCUT2D eigenvalue weighted by molar-refractivity contribution is 0.112. The number of nitrogens with one attached hydrogen (secondary N) is 1. The van der Waals surface area contributed by atoms with Crippen molar-refractivity contribution in [3.8, 4) is 0 Å². The van der Waals surface area contributed by atoms with Gasteiger partial charge >= 0.3 is 0 Å². The molecule has 0 radical (unpaired) electrons. The van der Waals surface area contributed by atoms with Gasteiger partial charge in [-0.3, -0.25) is 9.69 Å². The van der Waals surface area contributed by atoms with Gasteiger partial charge in [-0.1, -0.05) is 24.3 Å². The molecule has 1 atom stereocenters. The molecular weight excluding hydrogens is 188 g/mol. The van der Waals surface area contributed by atoms with Crippen molar-refractivity contribution in [3.63, 3.8) is 0 Å². The fourth-order valence-electron chi connectivity index (χ4n) is 1.97. The quantitative estimate of drug-likeness (QED) is 0.731. The van der Waals surface area contributed by atoms with Gasteiger partial charge < -0.3 is 5.32 Å². The molecule has 3 heteroatoms. The molecule has 15 heavy (non-hydrogen) atoms. The van der Waals surface area contributed by atoms with E-state index in [2.05, 4.69) is 17.3 Å². The summed E-state index contributed by atoms with van der Waals surface area (Å²) in [5.74, 6) is 0. The van der Waals surface area contributed by atoms with Crippen molar-refractivity contribution in [2.24, 2.45) is 0 Å². The number of carbonyl (C=O) groups excluding carboxylic acids is 1. The third kappa shape index (κ3) is 2.25. The van der Waals surface area contributed by atoms with Crippen molar-refractivity contribution in [2.45, 2.75) is 6.04 Å². The summed E-state index contributed by atoms with van der Waals surface area (Å²) in [5.41, 5.74) is 2.01. The Morgan fingerprint density at radius 1 is 1.40 bits per heavy atom. The van der Waals surface area contributed by atoms with Crippen LogP contribution in [-0.4, -0.2) is 37.9 Å². The Hall–Kier alpha value is -1.19. The third-order valence-electron chi connectivity index (χ3n) is 2.97. The van der Waals surface area contributed by atoms with Crippen LogP contribution in [0.25, 0.3) is 0 Å². The summed E-state index contributed by atoms with van der Waals surface area (Å²) >= 11 is 0. The lowest BCUT2D eigenvalue weighted by atomic mass is 10.0. The van der Waals surface area contributed by atoms with Crippen LogP contribution in [0.4, 0.5) is 0 Å². The van der Waals surface area contributed by atoms with Crippen molar-refractivity contribution in [1.29, 1.82) is 0 Å². The van der Waals surface area contributed by atoms with E-state index >= 15 is 0 Å². The number of hydrogen-bond donors (Lipinski definition) is 1. The van der Waals surface area contributed by atoms with Gasteiger partial charge in [-0.2, -0.15) is 0 Å². The van der Waals surface area contributed by atoms with E-state index in [9.17, 15) is 4.79 Å². The van der Waals surface area contributed by atoms with Crippen LogP contribution in [0.15, 0.2) is 24.3 Å². The Bertz CT molecular complexity index is 334. The van der Waals surface area contributed by atoms with Gasteiger partial charge in [0, 0.05) is 31.2 Å². The molecule has 1 aliphatic rings. The Kier molecular flexibility index (Phi) is 3.14. The summed E-state index contributed by atoms with van der Waals surface area (Å²) in [6.07, 6.45) is 0.882. The molecule has 1 saturated heterocycles. The maximum absolute atomic E-state index is 10.5. The van der Waals surface area contributed by atoms with Crippen molar-refractivity contribution in [3.05, 3.63) is 35.4 Å². The number of rotatable bonds is 2. The number of piperazine rings is 1. The van der Waals surface area contributed by atoms with Gasteiger partial charge in [0.2, 0.25) is 0 Å². The average molecular weight is 204 g/mol. The maximum atomic E-state index is 10.5. The number of carbonyl (C=O) groups is 1. The van der Waals surface area contributed by atoms with E-state index in [4.69, 9.17) is 0 Å². The van der Waals surface area contributed by atoms with Gasteiger partial charge in [0.05, 0.1) is 0 Å². The number of benzene rings is 1. The van der Waals surface area contributed by atoms with E-state index in [0.717, 1.165) is 31.5 Å². The van der Waals surface area contributed by atoms with Crippen molar-refractivity contribution in [1.82, 2.24) is 10.2 Å². The highest BCUT2D eigenvalue weighted by Crippen LogP contribution is 2.20. The van der Waals surface area contributed by atoms with Crippen LogP contribution >= 0.6 is 0 Å². The first-order valence-corrected chi connectivity index (χ1v) is 5.27. The van der Waals surface area contributed by atoms with Crippen LogP contribution in [0.3, 0.4) is 0 Å². The van der Waals surface area contributed by atoms with E-state index < -0.39 is 0 Å². The predicted molar refractivity (Wildman–Crippen MR) is 60.1 cm³/mol. The lowest BCUT2D eigenvalue weighted by Crippen LogP contribution is -2.43. The van der Waals surface area contributed by atoms with Crippen LogP contribution in [0.1, 0.15) is 22.0 Å². The first kappa shape index (κ1) is 10.3. The van der Waals surface area contributed by atoms with Crippen LogP contribution < -0.4 is 5.32 Å². The molecule has 80 valence electrons. The number of nitrogens with zero attached hydrogens (tertiary/aromatic N) is 1. The fraction of sp³-hybridized carbons (Fsp3) is 0.417. The van der Waals surface area contributed by atoms with Crippen LogP contribution in [0, 0.1) is 0 Å². The van der Waals surface area contributed by atoms with Crippen molar-refractivity contribution in [2.75, 3.05) is 26.7 Å². The highest BCUT2D eigenvalue weighted by molar-refractivity contribution is 5.74. The zero-order chi connectivity index (χ0) is 10.7. The molecule has 1 aliphatic heterocycles. The molecule has 0 aromatic heterocycles.